The van der Waals surface area contributed by atoms with Gasteiger partial charge >= 0.3 is 0 Å². The first-order valence-corrected chi connectivity index (χ1v) is 9.95. The van der Waals surface area contributed by atoms with E-state index in [-0.39, 0.29) is 5.82 Å². The third-order valence-corrected chi connectivity index (χ3v) is 5.42. The van der Waals surface area contributed by atoms with Crippen LogP contribution in [0.25, 0.3) is 0 Å². The number of hydrogen-bond acceptors (Lipinski definition) is 3. The quantitative estimate of drug-likeness (QED) is 0.644. The Balaban J connectivity index is 1.54. The van der Waals surface area contributed by atoms with E-state index in [0.717, 1.165) is 57.5 Å². The Labute approximate surface area is 156 Å². The van der Waals surface area contributed by atoms with Crippen LogP contribution in [0.1, 0.15) is 20.3 Å². The molecule has 144 valence electrons. The van der Waals surface area contributed by atoms with Crippen LogP contribution in [0.15, 0.2) is 29.3 Å². The maximum absolute atomic E-state index is 13.1. The van der Waals surface area contributed by atoms with Crippen molar-refractivity contribution in [3.05, 3.63) is 30.1 Å². The normalized spacial score (nSPS) is 22.1. The predicted octanol–water partition coefficient (Wildman–Crippen LogP) is 2.26. The van der Waals surface area contributed by atoms with Crippen molar-refractivity contribution in [2.45, 2.75) is 20.3 Å². The molecule has 0 radical (unpaired) electrons. The Kier molecular flexibility index (Phi) is 6.72. The first kappa shape index (κ1) is 19.0. The third-order valence-electron chi connectivity index (χ3n) is 5.42. The molecule has 1 aromatic rings. The fraction of sp³-hybridized carbons (Fsp3) is 0.650. The number of guanidine groups is 1. The average molecular weight is 362 g/mol. The van der Waals surface area contributed by atoms with E-state index in [2.05, 4.69) is 33.9 Å². The number of aliphatic imine (C=N–C) groups is 1. The standard InChI is InChI=1S/C20H32FN5/c1-3-22-20(23-15-17-9-10-24(4-2)16-17)26-13-11-25(12-14-26)19-7-5-18(21)6-8-19/h5-8,17H,3-4,9-16H2,1-2H3,(H,22,23). The number of likely N-dealkylation sites (tertiary alicyclic amines) is 1. The van der Waals surface area contributed by atoms with Gasteiger partial charge < -0.3 is 20.0 Å². The lowest BCUT2D eigenvalue weighted by atomic mass is 10.1. The molecule has 1 atom stereocenters. The molecule has 5 nitrogen and oxygen atoms in total. The van der Waals surface area contributed by atoms with Crippen molar-refractivity contribution in [3.63, 3.8) is 0 Å². The van der Waals surface area contributed by atoms with Gasteiger partial charge in [-0.2, -0.15) is 0 Å². The number of hydrogen-bond donors (Lipinski definition) is 1. The molecule has 2 heterocycles. The highest BCUT2D eigenvalue weighted by Crippen LogP contribution is 2.18. The Morgan fingerprint density at radius 2 is 1.85 bits per heavy atom. The molecule has 2 aliphatic rings. The lowest BCUT2D eigenvalue weighted by Gasteiger charge is -2.37. The smallest absolute Gasteiger partial charge is 0.194 e. The van der Waals surface area contributed by atoms with Crippen LogP contribution in [0.4, 0.5) is 10.1 Å². The van der Waals surface area contributed by atoms with Gasteiger partial charge in [-0.05, 0) is 56.6 Å². The third kappa shape index (κ3) is 4.87. The second kappa shape index (κ2) is 9.21. The molecule has 2 saturated heterocycles. The minimum Gasteiger partial charge on any atom is -0.368 e. The molecule has 0 bridgehead atoms. The van der Waals surface area contributed by atoms with Gasteiger partial charge in [0.1, 0.15) is 5.82 Å². The van der Waals surface area contributed by atoms with Crippen LogP contribution in [0.3, 0.4) is 0 Å². The second-order valence-corrected chi connectivity index (χ2v) is 7.19. The van der Waals surface area contributed by atoms with Gasteiger partial charge in [-0.25, -0.2) is 4.39 Å². The zero-order valence-electron chi connectivity index (χ0n) is 16.1. The highest BCUT2D eigenvalue weighted by Gasteiger charge is 2.23. The van der Waals surface area contributed by atoms with Crippen LogP contribution in [-0.4, -0.2) is 74.7 Å². The highest BCUT2D eigenvalue weighted by molar-refractivity contribution is 5.80. The van der Waals surface area contributed by atoms with Crippen LogP contribution >= 0.6 is 0 Å². The van der Waals surface area contributed by atoms with Gasteiger partial charge in [-0.15, -0.1) is 0 Å². The summed E-state index contributed by atoms with van der Waals surface area (Å²) in [5, 5.41) is 3.46. The van der Waals surface area contributed by atoms with Gasteiger partial charge in [-0.3, -0.25) is 4.99 Å². The number of benzene rings is 1. The van der Waals surface area contributed by atoms with Crippen LogP contribution in [0, 0.1) is 11.7 Å². The number of halogens is 1. The fourth-order valence-corrected chi connectivity index (χ4v) is 3.82. The first-order chi connectivity index (χ1) is 12.7. The summed E-state index contributed by atoms with van der Waals surface area (Å²) in [7, 11) is 0. The Hall–Kier alpha value is -1.82. The van der Waals surface area contributed by atoms with E-state index in [9.17, 15) is 4.39 Å². The molecule has 0 saturated carbocycles. The van der Waals surface area contributed by atoms with Gasteiger partial charge in [0.25, 0.3) is 0 Å². The summed E-state index contributed by atoms with van der Waals surface area (Å²) >= 11 is 0. The molecule has 1 N–H and O–H groups in total. The molecule has 3 rings (SSSR count). The number of nitrogens with one attached hydrogen (secondary N) is 1. The Bertz CT molecular complexity index is 580. The molecule has 0 aliphatic carbocycles. The molecular formula is C20H32FN5. The summed E-state index contributed by atoms with van der Waals surface area (Å²) in [5.74, 6) is 1.55. The Morgan fingerprint density at radius 3 is 2.46 bits per heavy atom. The number of nitrogens with zero attached hydrogens (tertiary/aromatic N) is 4. The van der Waals surface area contributed by atoms with Gasteiger partial charge in [0, 0.05) is 51.5 Å². The van der Waals surface area contributed by atoms with E-state index in [4.69, 9.17) is 4.99 Å². The van der Waals surface area contributed by atoms with Gasteiger partial charge in [-0.1, -0.05) is 6.92 Å². The minimum absolute atomic E-state index is 0.178. The van der Waals surface area contributed by atoms with E-state index < -0.39 is 0 Å². The number of anilines is 1. The maximum Gasteiger partial charge on any atom is 0.194 e. The monoisotopic (exact) mass is 361 g/mol. The molecule has 0 aromatic heterocycles. The molecule has 1 aromatic carbocycles. The summed E-state index contributed by atoms with van der Waals surface area (Å²) < 4.78 is 13.1. The molecule has 26 heavy (non-hydrogen) atoms. The second-order valence-electron chi connectivity index (χ2n) is 7.19. The van der Waals surface area contributed by atoms with E-state index in [1.807, 2.05) is 12.1 Å². The zero-order chi connectivity index (χ0) is 18.4. The summed E-state index contributed by atoms with van der Waals surface area (Å²) in [5.41, 5.74) is 1.10. The highest BCUT2D eigenvalue weighted by atomic mass is 19.1. The van der Waals surface area contributed by atoms with Crippen molar-refractivity contribution in [2.24, 2.45) is 10.9 Å². The summed E-state index contributed by atoms with van der Waals surface area (Å²) in [4.78, 5) is 12.1. The van der Waals surface area contributed by atoms with E-state index in [1.165, 1.54) is 31.6 Å². The number of piperazine rings is 1. The van der Waals surface area contributed by atoms with Crippen molar-refractivity contribution in [1.29, 1.82) is 0 Å². The molecule has 6 heteroatoms. The van der Waals surface area contributed by atoms with E-state index >= 15 is 0 Å². The molecule has 1 unspecified atom stereocenters. The predicted molar refractivity (Wildman–Crippen MR) is 106 cm³/mol. The van der Waals surface area contributed by atoms with Crippen LogP contribution < -0.4 is 10.2 Å². The minimum atomic E-state index is -0.178. The van der Waals surface area contributed by atoms with Crippen molar-refractivity contribution in [2.75, 3.05) is 63.8 Å². The lowest BCUT2D eigenvalue weighted by Crippen LogP contribution is -2.52. The first-order valence-electron chi connectivity index (χ1n) is 9.95. The molecule has 0 spiro atoms. The van der Waals surface area contributed by atoms with Crippen molar-refractivity contribution < 1.29 is 4.39 Å². The maximum atomic E-state index is 13.1. The van der Waals surface area contributed by atoms with E-state index in [0.29, 0.717) is 5.92 Å². The molecule has 0 amide bonds. The van der Waals surface area contributed by atoms with Crippen LogP contribution in [-0.2, 0) is 0 Å². The molecular weight excluding hydrogens is 329 g/mol. The Morgan fingerprint density at radius 1 is 1.12 bits per heavy atom. The molecule has 2 aliphatic heterocycles. The summed E-state index contributed by atoms with van der Waals surface area (Å²) in [6.45, 7) is 13.4. The van der Waals surface area contributed by atoms with Crippen LogP contribution in [0.2, 0.25) is 0 Å². The van der Waals surface area contributed by atoms with Gasteiger partial charge in [0.15, 0.2) is 5.96 Å². The average Bonchev–Trinajstić information content (AvgIpc) is 3.14. The molecule has 2 fully saturated rings. The summed E-state index contributed by atoms with van der Waals surface area (Å²) in [6.07, 6.45) is 1.26. The topological polar surface area (TPSA) is 34.1 Å². The van der Waals surface area contributed by atoms with Gasteiger partial charge in [0.05, 0.1) is 0 Å². The number of rotatable bonds is 5. The lowest BCUT2D eigenvalue weighted by molar-refractivity contribution is 0.342. The largest absolute Gasteiger partial charge is 0.368 e. The van der Waals surface area contributed by atoms with Crippen molar-refractivity contribution >= 4 is 11.6 Å². The van der Waals surface area contributed by atoms with Crippen molar-refractivity contribution in [1.82, 2.24) is 15.1 Å². The van der Waals surface area contributed by atoms with Crippen LogP contribution in [0.5, 0.6) is 0 Å². The summed E-state index contributed by atoms with van der Waals surface area (Å²) in [6, 6.07) is 6.80. The SMILES string of the molecule is CCNC(=NCC1CCN(CC)C1)N1CCN(c2ccc(F)cc2)CC1. The van der Waals surface area contributed by atoms with Crippen molar-refractivity contribution in [3.8, 4) is 0 Å². The zero-order valence-corrected chi connectivity index (χ0v) is 16.1. The van der Waals surface area contributed by atoms with Gasteiger partial charge in [0.2, 0.25) is 0 Å². The van der Waals surface area contributed by atoms with E-state index in [1.54, 1.807) is 0 Å². The fourth-order valence-electron chi connectivity index (χ4n) is 3.82.